The van der Waals surface area contributed by atoms with Gasteiger partial charge in [0.1, 0.15) is 12.3 Å². The van der Waals surface area contributed by atoms with Crippen LogP contribution in [0.1, 0.15) is 30.6 Å². The largest absolute Gasteiger partial charge is 0.480 e. The van der Waals surface area contributed by atoms with Gasteiger partial charge in [-0.05, 0) is 5.92 Å². The Kier molecular flexibility index (Phi) is 5.72. The average Bonchev–Trinajstić information content (AvgIpc) is 2.93. The van der Waals surface area contributed by atoms with Crippen LogP contribution in [0.5, 0.6) is 0 Å². The van der Waals surface area contributed by atoms with E-state index < -0.39 is 27.9 Å². The summed E-state index contributed by atoms with van der Waals surface area (Å²) in [7, 11) is -1.12. The summed E-state index contributed by atoms with van der Waals surface area (Å²) in [6.07, 6.45) is 1.56. The van der Waals surface area contributed by atoms with E-state index in [1.165, 1.54) is 14.1 Å². The van der Waals surface area contributed by atoms with Crippen molar-refractivity contribution in [1.82, 2.24) is 9.62 Å². The van der Waals surface area contributed by atoms with Crippen LogP contribution in [0.25, 0.3) is 0 Å². The highest BCUT2D eigenvalue weighted by molar-refractivity contribution is 7.88. The normalized spacial score (nSPS) is 14.6. The number of hydrogen-bond acceptors (Lipinski definition) is 5. The Hall–Kier alpha value is -1.87. The van der Waals surface area contributed by atoms with Crippen LogP contribution in [-0.4, -0.2) is 49.8 Å². The molecule has 0 unspecified atom stereocenters. The molecular formula is C13H20N2O6S. The molecule has 9 heteroatoms. The van der Waals surface area contributed by atoms with E-state index in [0.29, 0.717) is 6.42 Å². The Labute approximate surface area is 129 Å². The van der Waals surface area contributed by atoms with Crippen LogP contribution >= 0.6 is 0 Å². The summed E-state index contributed by atoms with van der Waals surface area (Å²) >= 11 is 0. The fraction of sp³-hybridized carbons (Fsp3) is 0.538. The minimum atomic E-state index is -3.79. The predicted octanol–water partition coefficient (Wildman–Crippen LogP) is 0.759. The Morgan fingerprint density at radius 3 is 2.45 bits per heavy atom. The van der Waals surface area contributed by atoms with Crippen molar-refractivity contribution in [1.29, 1.82) is 0 Å². The molecule has 0 aromatic carbocycles. The molecule has 1 aromatic heterocycles. The molecule has 0 spiro atoms. The van der Waals surface area contributed by atoms with E-state index in [-0.39, 0.29) is 16.6 Å². The maximum Gasteiger partial charge on any atom is 0.326 e. The topological polar surface area (TPSA) is 117 Å². The summed E-state index contributed by atoms with van der Waals surface area (Å²) in [5, 5.41) is 11.1. The first-order chi connectivity index (χ1) is 10.1. The number of carbonyl (C=O) groups excluding carboxylic acids is 1. The van der Waals surface area contributed by atoms with Gasteiger partial charge in [0.2, 0.25) is 5.09 Å². The molecule has 22 heavy (non-hydrogen) atoms. The monoisotopic (exact) mass is 332 g/mol. The quantitative estimate of drug-likeness (QED) is 0.761. The third-order valence-electron chi connectivity index (χ3n) is 3.34. The van der Waals surface area contributed by atoms with E-state index in [1.54, 1.807) is 6.92 Å². The van der Waals surface area contributed by atoms with E-state index >= 15 is 0 Å². The highest BCUT2D eigenvalue weighted by Crippen LogP contribution is 2.17. The zero-order valence-electron chi connectivity index (χ0n) is 12.9. The SMILES string of the molecule is CC[C@H](C)[C@H](NC(=O)c1coc(S(=O)(=O)N(C)C)c1)C(=O)O. The molecule has 0 saturated carbocycles. The summed E-state index contributed by atoms with van der Waals surface area (Å²) in [4.78, 5) is 23.2. The van der Waals surface area contributed by atoms with Crippen molar-refractivity contribution in [3.8, 4) is 0 Å². The molecule has 2 N–H and O–H groups in total. The van der Waals surface area contributed by atoms with E-state index in [1.807, 2.05) is 6.92 Å². The molecule has 0 aliphatic rings. The lowest BCUT2D eigenvalue weighted by Crippen LogP contribution is -2.44. The number of sulfonamides is 1. The van der Waals surface area contributed by atoms with Crippen LogP contribution in [0.3, 0.4) is 0 Å². The van der Waals surface area contributed by atoms with Gasteiger partial charge >= 0.3 is 5.97 Å². The van der Waals surface area contributed by atoms with Crippen molar-refractivity contribution >= 4 is 21.9 Å². The predicted molar refractivity (Wildman–Crippen MR) is 77.9 cm³/mol. The molecule has 0 aliphatic carbocycles. The molecule has 8 nitrogen and oxygen atoms in total. The molecule has 0 aliphatic heterocycles. The second-order valence-corrected chi connectivity index (χ2v) is 7.20. The van der Waals surface area contributed by atoms with Crippen molar-refractivity contribution in [2.24, 2.45) is 5.92 Å². The molecule has 2 atom stereocenters. The zero-order chi connectivity index (χ0) is 17.1. The summed E-state index contributed by atoms with van der Waals surface area (Å²) in [5.41, 5.74) is -0.0463. The van der Waals surface area contributed by atoms with Gasteiger partial charge in [0.25, 0.3) is 15.9 Å². The molecule has 1 rings (SSSR count). The van der Waals surface area contributed by atoms with Gasteiger partial charge in [-0.25, -0.2) is 17.5 Å². The van der Waals surface area contributed by atoms with E-state index in [0.717, 1.165) is 16.6 Å². The Bertz CT molecular complexity index is 649. The molecule has 0 fully saturated rings. The molecule has 124 valence electrons. The molecule has 1 heterocycles. The van der Waals surface area contributed by atoms with Gasteiger partial charge in [0.15, 0.2) is 0 Å². The van der Waals surface area contributed by atoms with Crippen molar-refractivity contribution in [3.63, 3.8) is 0 Å². The Morgan fingerprint density at radius 1 is 1.41 bits per heavy atom. The van der Waals surface area contributed by atoms with Crippen LogP contribution in [0.4, 0.5) is 0 Å². The highest BCUT2D eigenvalue weighted by Gasteiger charge is 2.28. The van der Waals surface area contributed by atoms with Gasteiger partial charge in [-0.1, -0.05) is 20.3 Å². The number of carbonyl (C=O) groups is 2. The van der Waals surface area contributed by atoms with Gasteiger partial charge in [-0.2, -0.15) is 0 Å². The number of aliphatic carboxylic acids is 1. The van der Waals surface area contributed by atoms with E-state index in [2.05, 4.69) is 5.32 Å². The molecule has 0 radical (unpaired) electrons. The Balaban J connectivity index is 2.96. The van der Waals surface area contributed by atoms with Gasteiger partial charge in [-0.3, -0.25) is 4.79 Å². The van der Waals surface area contributed by atoms with Crippen LogP contribution in [0, 0.1) is 5.92 Å². The van der Waals surface area contributed by atoms with Crippen LogP contribution in [0.15, 0.2) is 21.8 Å². The van der Waals surface area contributed by atoms with Gasteiger partial charge in [0.05, 0.1) is 5.56 Å². The molecule has 0 saturated heterocycles. The highest BCUT2D eigenvalue weighted by atomic mass is 32.2. The molecular weight excluding hydrogens is 312 g/mol. The number of hydrogen-bond donors (Lipinski definition) is 2. The first-order valence-corrected chi connectivity index (χ1v) is 8.10. The first-order valence-electron chi connectivity index (χ1n) is 6.66. The Morgan fingerprint density at radius 2 is 2.00 bits per heavy atom. The number of rotatable bonds is 7. The minimum absolute atomic E-state index is 0.0463. The van der Waals surface area contributed by atoms with Crippen LogP contribution in [0.2, 0.25) is 0 Å². The summed E-state index contributed by atoms with van der Waals surface area (Å²) in [5.74, 6) is -2.11. The number of carboxylic acids is 1. The number of nitrogens with one attached hydrogen (secondary N) is 1. The third-order valence-corrected chi connectivity index (χ3v) is 5.02. The lowest BCUT2D eigenvalue weighted by molar-refractivity contribution is -0.140. The number of carboxylic acid groups (broad SMARTS) is 1. The number of nitrogens with zero attached hydrogens (tertiary/aromatic N) is 1. The van der Waals surface area contributed by atoms with Crippen molar-refractivity contribution in [3.05, 3.63) is 17.9 Å². The van der Waals surface area contributed by atoms with Gasteiger partial charge in [-0.15, -0.1) is 0 Å². The van der Waals surface area contributed by atoms with E-state index in [4.69, 9.17) is 9.52 Å². The second kappa shape index (κ2) is 6.93. The summed E-state index contributed by atoms with van der Waals surface area (Å²) in [6.45, 7) is 3.52. The average molecular weight is 332 g/mol. The summed E-state index contributed by atoms with van der Waals surface area (Å²) < 4.78 is 29.6. The second-order valence-electron chi connectivity index (χ2n) is 5.12. The summed E-state index contributed by atoms with van der Waals surface area (Å²) in [6, 6.07) is 0.0153. The molecule has 1 aromatic rings. The van der Waals surface area contributed by atoms with Crippen LogP contribution in [-0.2, 0) is 14.8 Å². The minimum Gasteiger partial charge on any atom is -0.480 e. The van der Waals surface area contributed by atoms with Gasteiger partial charge < -0.3 is 14.8 Å². The van der Waals surface area contributed by atoms with Crippen molar-refractivity contribution < 1.29 is 27.5 Å². The number of furan rings is 1. The van der Waals surface area contributed by atoms with Gasteiger partial charge in [0, 0.05) is 20.2 Å². The fourth-order valence-electron chi connectivity index (χ4n) is 1.66. The van der Waals surface area contributed by atoms with Crippen molar-refractivity contribution in [2.45, 2.75) is 31.4 Å². The van der Waals surface area contributed by atoms with Crippen LogP contribution < -0.4 is 5.32 Å². The maximum atomic E-state index is 12.0. The molecule has 0 bridgehead atoms. The first kappa shape index (κ1) is 18.2. The molecule has 1 amide bonds. The lowest BCUT2D eigenvalue weighted by atomic mass is 9.99. The maximum absolute atomic E-state index is 12.0. The standard InChI is InChI=1S/C13H20N2O6S/c1-5-8(2)11(13(17)18)14-12(16)9-6-10(21-7-9)22(19,20)15(3)4/h6-8,11H,5H2,1-4H3,(H,14,16)(H,17,18)/t8-,11-/m0/s1. The lowest BCUT2D eigenvalue weighted by Gasteiger charge is -2.19. The number of amides is 1. The van der Waals surface area contributed by atoms with E-state index in [9.17, 15) is 18.0 Å². The fourth-order valence-corrected chi connectivity index (χ4v) is 2.46. The zero-order valence-corrected chi connectivity index (χ0v) is 13.7. The third kappa shape index (κ3) is 3.86. The smallest absolute Gasteiger partial charge is 0.326 e. The van der Waals surface area contributed by atoms with Crippen molar-refractivity contribution in [2.75, 3.05) is 14.1 Å².